The van der Waals surface area contributed by atoms with E-state index in [0.717, 1.165) is 23.3 Å². The molecule has 0 saturated heterocycles. The van der Waals surface area contributed by atoms with Gasteiger partial charge in [0.2, 0.25) is 5.91 Å². The first-order valence-electron chi connectivity index (χ1n) is 7.44. The van der Waals surface area contributed by atoms with Crippen LogP contribution >= 0.6 is 11.8 Å². The number of benzene rings is 2. The van der Waals surface area contributed by atoms with Crippen LogP contribution in [0.3, 0.4) is 0 Å². The minimum Gasteiger partial charge on any atom is -0.335 e. The van der Waals surface area contributed by atoms with Crippen LogP contribution in [0, 0.1) is 5.82 Å². The number of carbonyl (C=O) groups excluding carboxylic acids is 1. The Morgan fingerprint density at radius 1 is 1.09 bits per heavy atom. The predicted molar refractivity (Wildman–Crippen MR) is 87.1 cm³/mol. The van der Waals surface area contributed by atoms with Crippen LogP contribution in [-0.4, -0.2) is 22.6 Å². The Kier molecular flexibility index (Phi) is 4.78. The number of hydrogen-bond donors (Lipinski definition) is 0. The standard InChI is InChI=1S/C18H18FNOS/c19-15-6-10-17(11-7-15)22-13-18(21)20(16-8-9-16)12-14-4-2-1-3-5-14/h1-7,10-11,16H,8-9,12-13H2. The van der Waals surface area contributed by atoms with Gasteiger partial charge in [-0.3, -0.25) is 4.79 Å². The van der Waals surface area contributed by atoms with Gasteiger partial charge in [-0.15, -0.1) is 11.8 Å². The van der Waals surface area contributed by atoms with Gasteiger partial charge in [-0.05, 0) is 42.7 Å². The molecule has 0 aliphatic heterocycles. The summed E-state index contributed by atoms with van der Waals surface area (Å²) in [6.07, 6.45) is 2.19. The molecule has 1 aliphatic carbocycles. The fourth-order valence-corrected chi connectivity index (χ4v) is 3.13. The highest BCUT2D eigenvalue weighted by atomic mass is 32.2. The first kappa shape index (κ1) is 15.1. The summed E-state index contributed by atoms with van der Waals surface area (Å²) < 4.78 is 12.9. The molecule has 0 spiro atoms. The molecule has 114 valence electrons. The minimum atomic E-state index is -0.251. The van der Waals surface area contributed by atoms with Crippen molar-refractivity contribution in [2.45, 2.75) is 30.3 Å². The summed E-state index contributed by atoms with van der Waals surface area (Å²) in [5, 5.41) is 0. The third-order valence-corrected chi connectivity index (χ3v) is 4.68. The fourth-order valence-electron chi connectivity index (χ4n) is 2.35. The van der Waals surface area contributed by atoms with E-state index < -0.39 is 0 Å². The molecular weight excluding hydrogens is 297 g/mol. The van der Waals surface area contributed by atoms with Crippen molar-refractivity contribution in [1.29, 1.82) is 0 Å². The topological polar surface area (TPSA) is 20.3 Å². The minimum absolute atomic E-state index is 0.153. The van der Waals surface area contributed by atoms with E-state index in [1.54, 1.807) is 12.1 Å². The zero-order valence-electron chi connectivity index (χ0n) is 12.2. The maximum atomic E-state index is 12.9. The van der Waals surface area contributed by atoms with Crippen molar-refractivity contribution in [3.63, 3.8) is 0 Å². The average molecular weight is 315 g/mol. The molecule has 2 aromatic rings. The van der Waals surface area contributed by atoms with Crippen LogP contribution in [0.15, 0.2) is 59.5 Å². The molecule has 2 nitrogen and oxygen atoms in total. The summed E-state index contributed by atoms with van der Waals surface area (Å²) in [4.78, 5) is 15.4. The highest BCUT2D eigenvalue weighted by Gasteiger charge is 2.32. The lowest BCUT2D eigenvalue weighted by Gasteiger charge is -2.22. The first-order valence-corrected chi connectivity index (χ1v) is 8.43. The lowest BCUT2D eigenvalue weighted by molar-refractivity contribution is -0.129. The normalized spacial score (nSPS) is 13.9. The van der Waals surface area contributed by atoms with Gasteiger partial charge >= 0.3 is 0 Å². The van der Waals surface area contributed by atoms with E-state index in [2.05, 4.69) is 12.1 Å². The third kappa shape index (κ3) is 4.10. The van der Waals surface area contributed by atoms with Gasteiger partial charge in [0.25, 0.3) is 0 Å². The maximum absolute atomic E-state index is 12.9. The van der Waals surface area contributed by atoms with Crippen molar-refractivity contribution >= 4 is 17.7 Å². The van der Waals surface area contributed by atoms with Crippen LogP contribution in [0.1, 0.15) is 18.4 Å². The van der Waals surface area contributed by atoms with Crippen molar-refractivity contribution in [2.24, 2.45) is 0 Å². The molecule has 3 rings (SSSR count). The molecule has 2 aromatic carbocycles. The molecule has 4 heteroatoms. The van der Waals surface area contributed by atoms with Crippen molar-refractivity contribution < 1.29 is 9.18 Å². The van der Waals surface area contributed by atoms with E-state index in [0.29, 0.717) is 18.3 Å². The Morgan fingerprint density at radius 2 is 1.77 bits per heavy atom. The number of rotatable bonds is 6. The quantitative estimate of drug-likeness (QED) is 0.748. The fraction of sp³-hybridized carbons (Fsp3) is 0.278. The molecule has 0 bridgehead atoms. The first-order chi connectivity index (χ1) is 10.7. The van der Waals surface area contributed by atoms with Gasteiger partial charge < -0.3 is 4.90 Å². The second kappa shape index (κ2) is 6.97. The van der Waals surface area contributed by atoms with Crippen molar-refractivity contribution in [3.05, 3.63) is 66.0 Å². The molecule has 0 atom stereocenters. The van der Waals surface area contributed by atoms with E-state index in [9.17, 15) is 9.18 Å². The van der Waals surface area contributed by atoms with Gasteiger partial charge in [0, 0.05) is 17.5 Å². The molecule has 0 unspecified atom stereocenters. The molecule has 1 amide bonds. The van der Waals surface area contributed by atoms with Gasteiger partial charge in [-0.1, -0.05) is 30.3 Å². The summed E-state index contributed by atoms with van der Waals surface area (Å²) >= 11 is 1.46. The number of amides is 1. The van der Waals surface area contributed by atoms with E-state index in [-0.39, 0.29) is 11.7 Å². The zero-order chi connectivity index (χ0) is 15.4. The summed E-state index contributed by atoms with van der Waals surface area (Å²) in [7, 11) is 0. The van der Waals surface area contributed by atoms with Gasteiger partial charge in [-0.25, -0.2) is 4.39 Å². The molecule has 1 saturated carbocycles. The van der Waals surface area contributed by atoms with E-state index in [1.165, 1.54) is 23.9 Å². The number of halogens is 1. The number of nitrogens with zero attached hydrogens (tertiary/aromatic N) is 1. The lowest BCUT2D eigenvalue weighted by Crippen LogP contribution is -2.33. The summed E-state index contributed by atoms with van der Waals surface area (Å²) in [5.41, 5.74) is 1.16. The Morgan fingerprint density at radius 3 is 2.41 bits per heavy atom. The Balaban J connectivity index is 1.59. The highest BCUT2D eigenvalue weighted by Crippen LogP contribution is 2.29. The zero-order valence-corrected chi connectivity index (χ0v) is 13.1. The van der Waals surface area contributed by atoms with Gasteiger partial charge in [0.15, 0.2) is 0 Å². The molecular formula is C18H18FNOS. The second-order valence-corrected chi connectivity index (χ2v) is 6.53. The van der Waals surface area contributed by atoms with Gasteiger partial charge in [-0.2, -0.15) is 0 Å². The number of hydrogen-bond acceptors (Lipinski definition) is 2. The smallest absolute Gasteiger partial charge is 0.233 e. The van der Waals surface area contributed by atoms with Crippen molar-refractivity contribution in [1.82, 2.24) is 4.90 Å². The molecule has 0 radical (unpaired) electrons. The monoisotopic (exact) mass is 315 g/mol. The third-order valence-electron chi connectivity index (χ3n) is 3.68. The van der Waals surface area contributed by atoms with Gasteiger partial charge in [0.1, 0.15) is 5.82 Å². The van der Waals surface area contributed by atoms with Crippen molar-refractivity contribution in [3.8, 4) is 0 Å². The average Bonchev–Trinajstić information content (AvgIpc) is 3.37. The van der Waals surface area contributed by atoms with Crippen LogP contribution in [0.5, 0.6) is 0 Å². The summed E-state index contributed by atoms with van der Waals surface area (Å²) in [6, 6.07) is 16.8. The maximum Gasteiger partial charge on any atom is 0.233 e. The van der Waals surface area contributed by atoms with Crippen LogP contribution < -0.4 is 0 Å². The predicted octanol–water partition coefficient (Wildman–Crippen LogP) is 4.11. The number of thioether (sulfide) groups is 1. The number of carbonyl (C=O) groups is 1. The largest absolute Gasteiger partial charge is 0.335 e. The Bertz CT molecular complexity index is 625. The van der Waals surface area contributed by atoms with Crippen molar-refractivity contribution in [2.75, 3.05) is 5.75 Å². The molecule has 0 heterocycles. The van der Waals surface area contributed by atoms with Crippen LogP contribution in [-0.2, 0) is 11.3 Å². The molecule has 22 heavy (non-hydrogen) atoms. The second-order valence-electron chi connectivity index (χ2n) is 5.48. The van der Waals surface area contributed by atoms with Crippen LogP contribution in [0.25, 0.3) is 0 Å². The summed E-state index contributed by atoms with van der Waals surface area (Å²) in [6.45, 7) is 0.675. The van der Waals surface area contributed by atoms with E-state index in [1.807, 2.05) is 23.1 Å². The molecule has 1 fully saturated rings. The van der Waals surface area contributed by atoms with Crippen LogP contribution in [0.2, 0.25) is 0 Å². The van der Waals surface area contributed by atoms with Crippen LogP contribution in [0.4, 0.5) is 4.39 Å². The van der Waals surface area contributed by atoms with E-state index in [4.69, 9.17) is 0 Å². The van der Waals surface area contributed by atoms with E-state index >= 15 is 0 Å². The van der Waals surface area contributed by atoms with Gasteiger partial charge in [0.05, 0.1) is 5.75 Å². The molecule has 0 N–H and O–H groups in total. The molecule has 1 aliphatic rings. The Labute approximate surface area is 134 Å². The Hall–Kier alpha value is -1.81. The molecule has 0 aromatic heterocycles. The lowest BCUT2D eigenvalue weighted by atomic mass is 10.2. The summed E-state index contributed by atoms with van der Waals surface area (Å²) in [5.74, 6) is 0.301. The SMILES string of the molecule is O=C(CSc1ccc(F)cc1)N(Cc1ccccc1)C1CC1. The highest BCUT2D eigenvalue weighted by molar-refractivity contribution is 8.00.